The molecule has 2 bridgehead atoms. The van der Waals surface area contributed by atoms with E-state index in [4.69, 9.17) is 18.9 Å². The van der Waals surface area contributed by atoms with E-state index in [9.17, 15) is 9.59 Å². The van der Waals surface area contributed by atoms with Crippen molar-refractivity contribution in [3.63, 3.8) is 0 Å². The lowest BCUT2D eigenvalue weighted by Gasteiger charge is -2.40. The summed E-state index contributed by atoms with van der Waals surface area (Å²) in [6.45, 7) is 9.78. The summed E-state index contributed by atoms with van der Waals surface area (Å²) >= 11 is 3.37. The molecule has 2 aromatic carbocycles. The van der Waals surface area contributed by atoms with Gasteiger partial charge in [-0.05, 0) is 93.8 Å². The molecule has 0 radical (unpaired) electrons. The third kappa shape index (κ3) is 6.51. The van der Waals surface area contributed by atoms with Gasteiger partial charge < -0.3 is 23.8 Å². The highest BCUT2D eigenvalue weighted by atomic mass is 79.9. The van der Waals surface area contributed by atoms with E-state index in [2.05, 4.69) is 43.6 Å². The Kier molecular flexibility index (Phi) is 9.57. The van der Waals surface area contributed by atoms with Gasteiger partial charge in [0.2, 0.25) is 6.29 Å². The minimum absolute atomic E-state index is 0.0115. The standard InChI is InChI=1S/C35H44BrNO6/c1-6-7-8-9-20-40-26-14-10-23(11-15-26)24-12-16-27(17-13-24)41-29(38)22-37(5)31-30(36)32(39)43-33(31)42-28-21-25-18-19-35(28,4)34(25,2)3/h10-17,25,28,33H,6-9,18-22H2,1-5H3/t25-,28+,33-,35+/m0/s1. The fraction of sp³-hybridized carbons (Fsp3) is 0.543. The summed E-state index contributed by atoms with van der Waals surface area (Å²) in [5.74, 6) is 0.968. The van der Waals surface area contributed by atoms with E-state index >= 15 is 0 Å². The van der Waals surface area contributed by atoms with Crippen LogP contribution in [0.15, 0.2) is 58.7 Å². The summed E-state index contributed by atoms with van der Waals surface area (Å²) in [4.78, 5) is 27.1. The molecule has 0 spiro atoms. The van der Waals surface area contributed by atoms with Crippen LogP contribution in [0.4, 0.5) is 0 Å². The van der Waals surface area contributed by atoms with Crippen LogP contribution < -0.4 is 9.47 Å². The van der Waals surface area contributed by atoms with E-state index in [0.717, 1.165) is 42.7 Å². The Hall–Kier alpha value is -2.84. The van der Waals surface area contributed by atoms with Crippen molar-refractivity contribution >= 4 is 27.9 Å². The van der Waals surface area contributed by atoms with Gasteiger partial charge in [0.15, 0.2) is 0 Å². The zero-order chi connectivity index (χ0) is 30.8. The molecule has 3 aliphatic rings. The number of hydrogen-bond donors (Lipinski definition) is 0. The molecule has 43 heavy (non-hydrogen) atoms. The molecule has 7 nitrogen and oxygen atoms in total. The van der Waals surface area contributed by atoms with Gasteiger partial charge in [-0.3, -0.25) is 0 Å². The van der Waals surface area contributed by atoms with Crippen molar-refractivity contribution in [3.05, 3.63) is 58.7 Å². The van der Waals surface area contributed by atoms with Crippen LogP contribution in [-0.4, -0.2) is 49.4 Å². The predicted octanol–water partition coefficient (Wildman–Crippen LogP) is 7.87. The second kappa shape index (κ2) is 13.0. The van der Waals surface area contributed by atoms with Gasteiger partial charge in [0.1, 0.15) is 28.2 Å². The Morgan fingerprint density at radius 3 is 2.23 bits per heavy atom. The average molecular weight is 655 g/mol. The Labute approximate surface area is 264 Å². The molecule has 0 amide bonds. The highest BCUT2D eigenvalue weighted by Gasteiger charge is 2.62. The van der Waals surface area contributed by atoms with Gasteiger partial charge in [-0.1, -0.05) is 71.2 Å². The number of carbonyl (C=O) groups excluding carboxylic acids is 2. The number of nitrogens with zero attached hydrogens (tertiary/aromatic N) is 1. The van der Waals surface area contributed by atoms with Crippen LogP contribution in [0.2, 0.25) is 0 Å². The molecular weight excluding hydrogens is 610 g/mol. The van der Waals surface area contributed by atoms with Crippen molar-refractivity contribution in [1.82, 2.24) is 4.90 Å². The van der Waals surface area contributed by atoms with Gasteiger partial charge in [0.05, 0.1) is 12.7 Å². The Morgan fingerprint density at radius 2 is 1.65 bits per heavy atom. The van der Waals surface area contributed by atoms with Gasteiger partial charge in [0, 0.05) is 7.05 Å². The minimum atomic E-state index is -0.867. The van der Waals surface area contributed by atoms with E-state index in [0.29, 0.717) is 17.4 Å². The summed E-state index contributed by atoms with van der Waals surface area (Å²) in [5, 5.41) is 0. The second-order valence-corrected chi connectivity index (χ2v) is 13.8. The fourth-order valence-corrected chi connectivity index (χ4v) is 7.54. The molecule has 2 aromatic rings. The summed E-state index contributed by atoms with van der Waals surface area (Å²) in [6, 6.07) is 15.5. The normalized spacial score (nSPS) is 25.6. The van der Waals surface area contributed by atoms with Crippen LogP contribution in [-0.2, 0) is 19.1 Å². The van der Waals surface area contributed by atoms with Crippen LogP contribution in [0.3, 0.4) is 0 Å². The van der Waals surface area contributed by atoms with Crippen molar-refractivity contribution in [2.45, 2.75) is 85.0 Å². The maximum absolute atomic E-state index is 12.9. The molecule has 0 N–H and O–H groups in total. The molecule has 2 aliphatic carbocycles. The number of rotatable bonds is 13. The number of unbranched alkanes of at least 4 members (excludes halogenated alkanes) is 3. The highest BCUT2D eigenvalue weighted by molar-refractivity contribution is 9.12. The SMILES string of the molecule is CCCCCCOc1ccc(-c2ccc(OC(=O)CN(C)C3=C(Br)C(=O)O[C@@H]3O[C@@H]3C[C@@H]4CC[C@@]3(C)C4(C)C)cc2)cc1. The Balaban J connectivity index is 1.15. The maximum Gasteiger partial charge on any atom is 0.349 e. The van der Waals surface area contributed by atoms with E-state index in [1.165, 1.54) is 25.7 Å². The average Bonchev–Trinajstić information content (AvgIpc) is 3.46. The van der Waals surface area contributed by atoms with Gasteiger partial charge in [-0.25, -0.2) is 9.59 Å². The van der Waals surface area contributed by atoms with Crippen molar-refractivity contribution in [2.75, 3.05) is 20.2 Å². The van der Waals surface area contributed by atoms with Crippen molar-refractivity contribution in [3.8, 4) is 22.6 Å². The molecule has 232 valence electrons. The topological polar surface area (TPSA) is 74.3 Å². The van der Waals surface area contributed by atoms with E-state index in [1.54, 1.807) is 24.1 Å². The molecule has 1 aliphatic heterocycles. The van der Waals surface area contributed by atoms with Crippen LogP contribution in [0.25, 0.3) is 11.1 Å². The molecule has 1 heterocycles. The van der Waals surface area contributed by atoms with E-state index in [1.807, 2.05) is 36.4 Å². The summed E-state index contributed by atoms with van der Waals surface area (Å²) < 4.78 is 23.8. The van der Waals surface area contributed by atoms with Crippen molar-refractivity contribution in [1.29, 1.82) is 0 Å². The number of hydrogen-bond acceptors (Lipinski definition) is 7. The van der Waals surface area contributed by atoms with Gasteiger partial charge >= 0.3 is 11.9 Å². The predicted molar refractivity (Wildman–Crippen MR) is 170 cm³/mol. The van der Waals surface area contributed by atoms with Crippen LogP contribution in [0.1, 0.15) is 72.6 Å². The summed E-state index contributed by atoms with van der Waals surface area (Å²) in [6.07, 6.45) is 7.07. The van der Waals surface area contributed by atoms with E-state index < -0.39 is 18.2 Å². The fourth-order valence-electron chi connectivity index (χ4n) is 6.96. The smallest absolute Gasteiger partial charge is 0.349 e. The lowest BCUT2D eigenvalue weighted by Crippen LogP contribution is -2.41. The van der Waals surface area contributed by atoms with Crippen LogP contribution in [0.5, 0.6) is 11.5 Å². The Morgan fingerprint density at radius 1 is 1.00 bits per heavy atom. The van der Waals surface area contributed by atoms with Crippen molar-refractivity contribution < 1.29 is 28.5 Å². The first-order valence-corrected chi connectivity index (χ1v) is 16.3. The lowest BCUT2D eigenvalue weighted by atomic mass is 9.70. The molecule has 0 saturated heterocycles. The first-order valence-electron chi connectivity index (χ1n) is 15.5. The third-order valence-electron chi connectivity index (χ3n) is 10.2. The molecule has 0 unspecified atom stereocenters. The number of carbonyl (C=O) groups is 2. The number of fused-ring (bicyclic) bond motifs is 2. The summed E-state index contributed by atoms with van der Waals surface area (Å²) in [7, 11) is 1.74. The molecular formula is C35H44BrNO6. The lowest BCUT2D eigenvalue weighted by molar-refractivity contribution is -0.186. The van der Waals surface area contributed by atoms with Gasteiger partial charge in [-0.2, -0.15) is 0 Å². The quantitative estimate of drug-likeness (QED) is 0.124. The highest BCUT2D eigenvalue weighted by Crippen LogP contribution is 2.66. The number of likely N-dealkylation sites (N-methyl/N-ethyl adjacent to an activating group) is 1. The molecule has 0 aromatic heterocycles. The molecule has 2 saturated carbocycles. The first kappa shape index (κ1) is 31.6. The van der Waals surface area contributed by atoms with Gasteiger partial charge in [-0.15, -0.1) is 0 Å². The third-order valence-corrected chi connectivity index (χ3v) is 10.9. The number of ether oxygens (including phenoxy) is 4. The molecule has 2 fully saturated rings. The Bertz CT molecular complexity index is 1340. The maximum atomic E-state index is 12.9. The molecule has 4 atom stereocenters. The number of esters is 2. The molecule has 5 rings (SSSR count). The number of halogens is 1. The van der Waals surface area contributed by atoms with Crippen LogP contribution >= 0.6 is 15.9 Å². The zero-order valence-electron chi connectivity index (χ0n) is 26.0. The second-order valence-electron chi connectivity index (χ2n) is 13.0. The number of cyclic esters (lactones) is 1. The zero-order valence-corrected chi connectivity index (χ0v) is 27.6. The largest absolute Gasteiger partial charge is 0.494 e. The monoisotopic (exact) mass is 653 g/mol. The number of benzene rings is 2. The minimum Gasteiger partial charge on any atom is -0.494 e. The first-order chi connectivity index (χ1) is 20.5. The molecule has 8 heteroatoms. The van der Waals surface area contributed by atoms with Crippen molar-refractivity contribution in [2.24, 2.45) is 16.7 Å². The van der Waals surface area contributed by atoms with E-state index in [-0.39, 0.29) is 28.0 Å². The van der Waals surface area contributed by atoms with Crippen LogP contribution in [0, 0.1) is 16.7 Å². The van der Waals surface area contributed by atoms with Gasteiger partial charge in [0.25, 0.3) is 0 Å². The summed E-state index contributed by atoms with van der Waals surface area (Å²) in [5.41, 5.74) is 2.75.